The number of phenolic OH excluding ortho intramolecular Hbond substituents is 1. The lowest BCUT2D eigenvalue weighted by molar-refractivity contribution is -0.131. The summed E-state index contributed by atoms with van der Waals surface area (Å²) in [6.07, 6.45) is 2.90. The normalized spacial score (nSPS) is 13.0. The monoisotopic (exact) mass is 587 g/mol. The predicted octanol–water partition coefficient (Wildman–Crippen LogP) is 6.36. The Labute approximate surface area is 207 Å². The van der Waals surface area contributed by atoms with Gasteiger partial charge < -0.3 is 19.7 Å². The van der Waals surface area contributed by atoms with Crippen molar-refractivity contribution in [2.75, 3.05) is 18.7 Å². The molecule has 172 valence electrons. The molecule has 2 aromatic rings. The molecular formula is C22H23Br2NO6S. The lowest BCUT2D eigenvalue weighted by Crippen LogP contribution is -2.28. The van der Waals surface area contributed by atoms with E-state index >= 15 is 0 Å². The van der Waals surface area contributed by atoms with E-state index in [0.717, 1.165) is 11.0 Å². The molecule has 0 unspecified atom stereocenters. The Balaban J connectivity index is 2.27. The number of carbonyl (C=O) groups is 2. The molecule has 0 spiro atoms. The van der Waals surface area contributed by atoms with Crippen LogP contribution in [0, 0.1) is 0 Å². The molecule has 0 saturated carbocycles. The Kier molecular flexibility index (Phi) is 10.6. The predicted molar refractivity (Wildman–Crippen MR) is 131 cm³/mol. The van der Waals surface area contributed by atoms with Crippen LogP contribution in [0.3, 0.4) is 0 Å². The molecule has 0 aliphatic rings. The standard InChI is InChI=1S/C22H23Br2NO6S/c1-30-18(5-3-4-6-19(26)27)21(16-11-13(23)12-17(24)20(16)28)31-22(29)25-14-7-9-15(32-2)10-8-14/h4,6-12,18,21,28H,3,5H2,1-2H3,(H,25,29)(H,26,27)/b6-4+/t18-,21-/m0/s1. The van der Waals surface area contributed by atoms with E-state index in [1.807, 2.05) is 18.4 Å². The number of amides is 1. The minimum atomic E-state index is -1.05. The van der Waals surface area contributed by atoms with E-state index in [1.54, 1.807) is 36.0 Å². The fourth-order valence-corrected chi connectivity index (χ4v) is 4.58. The van der Waals surface area contributed by atoms with Gasteiger partial charge in [0.05, 0.1) is 10.6 Å². The van der Waals surface area contributed by atoms with Crippen LogP contribution < -0.4 is 5.32 Å². The summed E-state index contributed by atoms with van der Waals surface area (Å²) in [5.41, 5.74) is 0.901. The highest BCUT2D eigenvalue weighted by molar-refractivity contribution is 9.11. The number of aromatic hydroxyl groups is 1. The summed E-state index contributed by atoms with van der Waals surface area (Å²) >= 11 is 8.26. The zero-order valence-electron chi connectivity index (χ0n) is 17.4. The Morgan fingerprint density at radius 2 is 1.91 bits per heavy atom. The molecule has 0 aromatic heterocycles. The van der Waals surface area contributed by atoms with Crippen LogP contribution in [0.5, 0.6) is 5.75 Å². The van der Waals surface area contributed by atoms with Crippen LogP contribution in [0.15, 0.2) is 62.4 Å². The summed E-state index contributed by atoms with van der Waals surface area (Å²) < 4.78 is 12.3. The number of hydrogen-bond acceptors (Lipinski definition) is 6. The highest BCUT2D eigenvalue weighted by Crippen LogP contribution is 2.39. The molecule has 10 heteroatoms. The van der Waals surface area contributed by atoms with Crippen LogP contribution in [0.25, 0.3) is 0 Å². The van der Waals surface area contributed by atoms with Gasteiger partial charge in [0.1, 0.15) is 5.75 Å². The Bertz CT molecular complexity index is 968. The number of rotatable bonds is 10. The molecule has 0 radical (unpaired) electrons. The molecule has 0 fully saturated rings. The average Bonchev–Trinajstić information content (AvgIpc) is 2.75. The molecule has 2 rings (SSSR count). The molecule has 7 nitrogen and oxygen atoms in total. The van der Waals surface area contributed by atoms with Crippen molar-refractivity contribution >= 4 is 61.4 Å². The van der Waals surface area contributed by atoms with E-state index in [1.165, 1.54) is 13.2 Å². The van der Waals surface area contributed by atoms with Gasteiger partial charge in [-0.05, 0) is 71.4 Å². The van der Waals surface area contributed by atoms with Gasteiger partial charge in [0.15, 0.2) is 6.10 Å². The maximum Gasteiger partial charge on any atom is 0.412 e. The number of carboxylic acid groups (broad SMARTS) is 1. The average molecular weight is 589 g/mol. The smallest absolute Gasteiger partial charge is 0.412 e. The number of aliphatic carboxylic acids is 1. The second-order valence-electron chi connectivity index (χ2n) is 6.60. The fraction of sp³-hybridized carbons (Fsp3) is 0.273. The van der Waals surface area contributed by atoms with E-state index < -0.39 is 24.3 Å². The third-order valence-electron chi connectivity index (χ3n) is 4.45. The van der Waals surface area contributed by atoms with Gasteiger partial charge in [-0.25, -0.2) is 9.59 Å². The number of benzene rings is 2. The van der Waals surface area contributed by atoms with E-state index in [-0.39, 0.29) is 5.75 Å². The number of methoxy groups -OCH3 is 1. The van der Waals surface area contributed by atoms with Crippen LogP contribution in [0.1, 0.15) is 24.5 Å². The molecule has 3 N–H and O–H groups in total. The van der Waals surface area contributed by atoms with Crippen molar-refractivity contribution in [1.29, 1.82) is 0 Å². The molecule has 0 heterocycles. The van der Waals surface area contributed by atoms with E-state index in [9.17, 15) is 14.7 Å². The van der Waals surface area contributed by atoms with E-state index in [4.69, 9.17) is 14.6 Å². The van der Waals surface area contributed by atoms with Crippen molar-refractivity contribution in [2.45, 2.75) is 29.9 Å². The number of thioether (sulfide) groups is 1. The van der Waals surface area contributed by atoms with Crippen LogP contribution in [-0.2, 0) is 14.3 Å². The summed E-state index contributed by atoms with van der Waals surface area (Å²) in [5, 5.41) is 22.1. The number of hydrogen-bond donors (Lipinski definition) is 3. The second kappa shape index (κ2) is 12.9. The maximum atomic E-state index is 12.7. The number of phenols is 1. The molecule has 0 saturated heterocycles. The Morgan fingerprint density at radius 1 is 1.22 bits per heavy atom. The first kappa shape index (κ1) is 26.2. The van der Waals surface area contributed by atoms with E-state index in [2.05, 4.69) is 37.2 Å². The molecule has 2 atom stereocenters. The Morgan fingerprint density at radius 3 is 2.50 bits per heavy atom. The molecule has 0 aliphatic carbocycles. The number of anilines is 1. The zero-order valence-corrected chi connectivity index (χ0v) is 21.4. The number of nitrogens with one attached hydrogen (secondary N) is 1. The van der Waals surface area contributed by atoms with Gasteiger partial charge in [0.25, 0.3) is 0 Å². The van der Waals surface area contributed by atoms with Crippen molar-refractivity contribution < 1.29 is 29.3 Å². The minimum Gasteiger partial charge on any atom is -0.506 e. The third-order valence-corrected chi connectivity index (χ3v) is 6.26. The third kappa shape index (κ3) is 7.84. The first-order valence-corrected chi connectivity index (χ1v) is 12.3. The van der Waals surface area contributed by atoms with Crippen LogP contribution in [-0.4, -0.2) is 41.7 Å². The molecule has 0 aliphatic heterocycles. The highest BCUT2D eigenvalue weighted by Gasteiger charge is 2.30. The minimum absolute atomic E-state index is 0.0848. The molecule has 1 amide bonds. The molecular weight excluding hydrogens is 566 g/mol. The number of allylic oxidation sites excluding steroid dienone is 1. The van der Waals surface area contributed by atoms with Gasteiger partial charge in [-0.1, -0.05) is 22.0 Å². The first-order chi connectivity index (χ1) is 15.2. The zero-order chi connectivity index (χ0) is 23.7. The lowest BCUT2D eigenvalue weighted by Gasteiger charge is -2.27. The number of carbonyl (C=O) groups excluding carboxylic acids is 1. The van der Waals surface area contributed by atoms with Gasteiger partial charge >= 0.3 is 12.1 Å². The summed E-state index contributed by atoms with van der Waals surface area (Å²) in [4.78, 5) is 24.4. The van der Waals surface area contributed by atoms with Crippen molar-refractivity contribution in [3.05, 3.63) is 63.1 Å². The summed E-state index contributed by atoms with van der Waals surface area (Å²) in [6, 6.07) is 10.6. The fourth-order valence-electron chi connectivity index (χ4n) is 2.92. The van der Waals surface area contributed by atoms with Crippen molar-refractivity contribution in [1.82, 2.24) is 0 Å². The largest absolute Gasteiger partial charge is 0.506 e. The summed E-state index contributed by atoms with van der Waals surface area (Å²) in [6.45, 7) is 0. The highest BCUT2D eigenvalue weighted by atomic mass is 79.9. The van der Waals surface area contributed by atoms with Crippen LogP contribution in [0.4, 0.5) is 10.5 Å². The SMILES string of the molecule is CO[C@@H](CC/C=C/C(=O)O)[C@@H](OC(=O)Nc1ccc(SC)cc1)c1cc(Br)cc(Br)c1O. The van der Waals surface area contributed by atoms with Crippen molar-refractivity contribution in [3.63, 3.8) is 0 Å². The molecule has 32 heavy (non-hydrogen) atoms. The molecule has 0 bridgehead atoms. The lowest BCUT2D eigenvalue weighted by atomic mass is 9.99. The number of carboxylic acids is 1. The van der Waals surface area contributed by atoms with Gasteiger partial charge in [0, 0.05) is 33.8 Å². The van der Waals surface area contributed by atoms with Crippen LogP contribution >= 0.6 is 43.6 Å². The van der Waals surface area contributed by atoms with E-state index in [0.29, 0.717) is 33.0 Å². The van der Waals surface area contributed by atoms with Crippen LogP contribution in [0.2, 0.25) is 0 Å². The second-order valence-corrected chi connectivity index (χ2v) is 9.25. The Hall–Kier alpha value is -2.01. The number of ether oxygens (including phenoxy) is 2. The summed E-state index contributed by atoms with van der Waals surface area (Å²) in [7, 11) is 1.46. The van der Waals surface area contributed by atoms with Crippen molar-refractivity contribution in [2.24, 2.45) is 0 Å². The topological polar surface area (TPSA) is 105 Å². The first-order valence-electron chi connectivity index (χ1n) is 9.47. The van der Waals surface area contributed by atoms with Gasteiger partial charge in [-0.15, -0.1) is 11.8 Å². The van der Waals surface area contributed by atoms with Gasteiger partial charge in [-0.3, -0.25) is 5.32 Å². The maximum absolute atomic E-state index is 12.7. The summed E-state index contributed by atoms with van der Waals surface area (Å²) in [5.74, 6) is -1.13. The quantitative estimate of drug-likeness (QED) is 0.219. The van der Waals surface area contributed by atoms with Gasteiger partial charge in [0.2, 0.25) is 0 Å². The van der Waals surface area contributed by atoms with Gasteiger partial charge in [-0.2, -0.15) is 0 Å². The van der Waals surface area contributed by atoms with Crippen molar-refractivity contribution in [3.8, 4) is 5.75 Å². The molecule has 2 aromatic carbocycles. The number of halogens is 2.